The van der Waals surface area contributed by atoms with Crippen molar-refractivity contribution >= 4 is 0 Å². The molecule has 0 saturated carbocycles. The summed E-state index contributed by atoms with van der Waals surface area (Å²) in [7, 11) is 0. The number of benzene rings is 1. The quantitative estimate of drug-likeness (QED) is 0.709. The molecule has 1 nitrogen and oxygen atoms in total. The Bertz CT molecular complexity index is 342. The van der Waals surface area contributed by atoms with Crippen LogP contribution in [0.1, 0.15) is 37.8 Å². The van der Waals surface area contributed by atoms with Crippen LogP contribution in [-0.2, 0) is 5.41 Å². The smallest absolute Gasteiger partial charge is 0.0817 e. The monoisotopic (exact) mass is 187 g/mol. The number of nitriles is 1. The van der Waals surface area contributed by atoms with Gasteiger partial charge in [-0.3, -0.25) is 0 Å². The predicted molar refractivity (Wildman–Crippen MR) is 59.1 cm³/mol. The summed E-state index contributed by atoms with van der Waals surface area (Å²) in [5, 5.41) is 9.27. The van der Waals surface area contributed by atoms with Gasteiger partial charge in [0.2, 0.25) is 0 Å². The Kier molecular flexibility index (Phi) is 3.30. The van der Waals surface area contributed by atoms with Gasteiger partial charge >= 0.3 is 0 Å². The second-order valence-corrected chi connectivity index (χ2v) is 3.77. The molecule has 0 unspecified atom stereocenters. The lowest BCUT2D eigenvalue weighted by atomic mass is 9.77. The van der Waals surface area contributed by atoms with Gasteiger partial charge in [-0.05, 0) is 25.3 Å². The fourth-order valence-electron chi connectivity index (χ4n) is 1.82. The van der Waals surface area contributed by atoms with Crippen molar-refractivity contribution in [2.45, 2.75) is 39.0 Å². The van der Waals surface area contributed by atoms with Crippen LogP contribution in [0, 0.1) is 18.3 Å². The first-order valence-corrected chi connectivity index (χ1v) is 5.17. The molecule has 0 aliphatic heterocycles. The Balaban J connectivity index is 3.19. The van der Waals surface area contributed by atoms with Crippen LogP contribution in [0.2, 0.25) is 0 Å². The van der Waals surface area contributed by atoms with Crippen molar-refractivity contribution in [3.05, 3.63) is 35.4 Å². The SMILES string of the molecule is CCC(C#N)(CC)c1cccc(C)c1. The minimum atomic E-state index is -0.286. The van der Waals surface area contributed by atoms with E-state index in [1.165, 1.54) is 5.56 Å². The van der Waals surface area contributed by atoms with Gasteiger partial charge in [-0.25, -0.2) is 0 Å². The molecule has 0 aromatic heterocycles. The molecule has 1 aromatic rings. The van der Waals surface area contributed by atoms with E-state index in [1.807, 2.05) is 6.07 Å². The highest BCUT2D eigenvalue weighted by atomic mass is 14.4. The Hall–Kier alpha value is -1.29. The van der Waals surface area contributed by atoms with E-state index < -0.39 is 0 Å². The van der Waals surface area contributed by atoms with E-state index >= 15 is 0 Å². The van der Waals surface area contributed by atoms with E-state index in [-0.39, 0.29) is 5.41 Å². The molecule has 0 aliphatic rings. The third kappa shape index (κ3) is 1.80. The summed E-state index contributed by atoms with van der Waals surface area (Å²) in [5.74, 6) is 0. The minimum Gasteiger partial charge on any atom is -0.197 e. The molecule has 0 radical (unpaired) electrons. The number of nitrogens with zero attached hydrogens (tertiary/aromatic N) is 1. The first-order chi connectivity index (χ1) is 6.68. The normalized spacial score (nSPS) is 11.0. The highest BCUT2D eigenvalue weighted by Crippen LogP contribution is 2.31. The van der Waals surface area contributed by atoms with Crippen LogP contribution in [-0.4, -0.2) is 0 Å². The highest BCUT2D eigenvalue weighted by molar-refractivity contribution is 5.34. The van der Waals surface area contributed by atoms with Crippen molar-refractivity contribution in [3.8, 4) is 6.07 Å². The molecule has 1 heteroatoms. The van der Waals surface area contributed by atoms with Gasteiger partial charge in [0, 0.05) is 0 Å². The van der Waals surface area contributed by atoms with Crippen LogP contribution in [0.3, 0.4) is 0 Å². The van der Waals surface area contributed by atoms with Crippen molar-refractivity contribution in [1.82, 2.24) is 0 Å². The second kappa shape index (κ2) is 4.28. The molecule has 0 N–H and O–H groups in total. The summed E-state index contributed by atoms with van der Waals surface area (Å²) < 4.78 is 0. The molecule has 14 heavy (non-hydrogen) atoms. The average molecular weight is 187 g/mol. The van der Waals surface area contributed by atoms with E-state index in [0.717, 1.165) is 18.4 Å². The number of hydrogen-bond donors (Lipinski definition) is 0. The molecular formula is C13H17N. The van der Waals surface area contributed by atoms with Gasteiger partial charge < -0.3 is 0 Å². The molecule has 0 saturated heterocycles. The van der Waals surface area contributed by atoms with Gasteiger partial charge in [-0.2, -0.15) is 5.26 Å². The largest absolute Gasteiger partial charge is 0.197 e. The van der Waals surface area contributed by atoms with Crippen molar-refractivity contribution in [1.29, 1.82) is 5.26 Å². The van der Waals surface area contributed by atoms with Crippen LogP contribution in [0.4, 0.5) is 0 Å². The minimum absolute atomic E-state index is 0.286. The summed E-state index contributed by atoms with van der Waals surface area (Å²) >= 11 is 0. The maximum Gasteiger partial charge on any atom is 0.0817 e. The molecule has 0 amide bonds. The van der Waals surface area contributed by atoms with Crippen LogP contribution in [0.25, 0.3) is 0 Å². The van der Waals surface area contributed by atoms with Gasteiger partial charge in [0.25, 0.3) is 0 Å². The zero-order valence-electron chi connectivity index (χ0n) is 9.17. The molecule has 1 rings (SSSR count). The van der Waals surface area contributed by atoms with E-state index in [0.29, 0.717) is 0 Å². The van der Waals surface area contributed by atoms with Crippen LogP contribution >= 0.6 is 0 Å². The summed E-state index contributed by atoms with van der Waals surface area (Å²) in [6.45, 7) is 6.22. The van der Waals surface area contributed by atoms with E-state index in [1.54, 1.807) is 0 Å². The van der Waals surface area contributed by atoms with Crippen molar-refractivity contribution in [3.63, 3.8) is 0 Å². The summed E-state index contributed by atoms with van der Waals surface area (Å²) in [5.41, 5.74) is 2.10. The fourth-order valence-corrected chi connectivity index (χ4v) is 1.82. The van der Waals surface area contributed by atoms with E-state index in [9.17, 15) is 5.26 Å². The zero-order valence-corrected chi connectivity index (χ0v) is 9.17. The second-order valence-electron chi connectivity index (χ2n) is 3.77. The predicted octanol–water partition coefficient (Wildman–Crippen LogP) is 3.58. The Morgan fingerprint density at radius 2 is 1.93 bits per heavy atom. The lowest BCUT2D eigenvalue weighted by Crippen LogP contribution is -2.21. The topological polar surface area (TPSA) is 23.8 Å². The Morgan fingerprint density at radius 3 is 2.36 bits per heavy atom. The third-order valence-corrected chi connectivity index (χ3v) is 2.99. The first kappa shape index (κ1) is 10.8. The lowest BCUT2D eigenvalue weighted by Gasteiger charge is -2.24. The average Bonchev–Trinajstić information content (AvgIpc) is 2.22. The van der Waals surface area contributed by atoms with Crippen LogP contribution in [0.15, 0.2) is 24.3 Å². The molecule has 74 valence electrons. The van der Waals surface area contributed by atoms with Gasteiger partial charge in [-0.15, -0.1) is 0 Å². The Labute approximate surface area is 86.4 Å². The van der Waals surface area contributed by atoms with Gasteiger partial charge in [-0.1, -0.05) is 43.7 Å². The summed E-state index contributed by atoms with van der Waals surface area (Å²) in [6, 6.07) is 10.7. The molecule has 0 fully saturated rings. The third-order valence-electron chi connectivity index (χ3n) is 2.99. The molecule has 0 bridgehead atoms. The van der Waals surface area contributed by atoms with Gasteiger partial charge in [0.1, 0.15) is 0 Å². The maximum atomic E-state index is 9.27. The van der Waals surface area contributed by atoms with Gasteiger partial charge in [0.05, 0.1) is 11.5 Å². The highest BCUT2D eigenvalue weighted by Gasteiger charge is 2.27. The molecule has 0 atom stereocenters. The number of aryl methyl sites for hydroxylation is 1. The van der Waals surface area contributed by atoms with Crippen LogP contribution < -0.4 is 0 Å². The molecule has 0 spiro atoms. The maximum absolute atomic E-state index is 9.27. The lowest BCUT2D eigenvalue weighted by molar-refractivity contribution is 0.510. The van der Waals surface area contributed by atoms with Crippen molar-refractivity contribution in [2.24, 2.45) is 0 Å². The van der Waals surface area contributed by atoms with Crippen molar-refractivity contribution < 1.29 is 0 Å². The zero-order chi connectivity index (χ0) is 10.6. The fraction of sp³-hybridized carbons (Fsp3) is 0.462. The standard InChI is InChI=1S/C13H17N/c1-4-13(5-2,10-14)12-8-6-7-11(3)9-12/h6-9H,4-5H2,1-3H3. The summed E-state index contributed by atoms with van der Waals surface area (Å²) in [6.07, 6.45) is 1.76. The first-order valence-electron chi connectivity index (χ1n) is 5.17. The van der Waals surface area contributed by atoms with Crippen LogP contribution in [0.5, 0.6) is 0 Å². The molecular weight excluding hydrogens is 170 g/mol. The number of rotatable bonds is 3. The van der Waals surface area contributed by atoms with Crippen molar-refractivity contribution in [2.75, 3.05) is 0 Å². The molecule has 0 aliphatic carbocycles. The molecule has 0 heterocycles. The summed E-state index contributed by atoms with van der Waals surface area (Å²) in [4.78, 5) is 0. The Morgan fingerprint density at radius 1 is 1.29 bits per heavy atom. The van der Waals surface area contributed by atoms with E-state index in [2.05, 4.69) is 45.0 Å². The van der Waals surface area contributed by atoms with Gasteiger partial charge in [0.15, 0.2) is 0 Å². The van der Waals surface area contributed by atoms with E-state index in [4.69, 9.17) is 0 Å². The molecule has 1 aromatic carbocycles. The number of hydrogen-bond acceptors (Lipinski definition) is 1.